The summed E-state index contributed by atoms with van der Waals surface area (Å²) in [7, 11) is 0. The van der Waals surface area contributed by atoms with Gasteiger partial charge in [0, 0.05) is 25.7 Å². The molecule has 1 fully saturated rings. The normalized spacial score (nSPS) is 20.9. The summed E-state index contributed by atoms with van der Waals surface area (Å²) < 4.78 is 0. The van der Waals surface area contributed by atoms with E-state index in [1.807, 2.05) is 0 Å². The first kappa shape index (κ1) is 14.5. The van der Waals surface area contributed by atoms with Gasteiger partial charge in [0.15, 0.2) is 0 Å². The van der Waals surface area contributed by atoms with Crippen molar-refractivity contribution in [3.8, 4) is 0 Å². The molecular formula is C17H28N2. The zero-order valence-electron chi connectivity index (χ0n) is 12.7. The molecule has 19 heavy (non-hydrogen) atoms. The topological polar surface area (TPSA) is 15.3 Å². The number of benzene rings is 1. The lowest BCUT2D eigenvalue weighted by Crippen LogP contribution is -2.49. The number of nitrogens with one attached hydrogen (secondary N) is 1. The van der Waals surface area contributed by atoms with Crippen molar-refractivity contribution in [3.05, 3.63) is 35.4 Å². The van der Waals surface area contributed by atoms with E-state index < -0.39 is 0 Å². The van der Waals surface area contributed by atoms with Gasteiger partial charge in [0.25, 0.3) is 0 Å². The van der Waals surface area contributed by atoms with Gasteiger partial charge < -0.3 is 5.32 Å². The molecule has 1 atom stereocenters. The largest absolute Gasteiger partial charge is 0.314 e. The van der Waals surface area contributed by atoms with Gasteiger partial charge in [-0.2, -0.15) is 0 Å². The number of hydrogen-bond acceptors (Lipinski definition) is 2. The molecule has 106 valence electrons. The van der Waals surface area contributed by atoms with E-state index in [0.29, 0.717) is 12.0 Å². The first-order chi connectivity index (χ1) is 9.16. The fourth-order valence-corrected chi connectivity index (χ4v) is 2.77. The van der Waals surface area contributed by atoms with E-state index in [1.165, 1.54) is 37.1 Å². The van der Waals surface area contributed by atoms with E-state index in [2.05, 4.69) is 55.3 Å². The van der Waals surface area contributed by atoms with Gasteiger partial charge in [-0.1, -0.05) is 38.1 Å². The van der Waals surface area contributed by atoms with Gasteiger partial charge in [0.2, 0.25) is 0 Å². The molecule has 1 aliphatic rings. The first-order valence-electron chi connectivity index (χ1n) is 7.70. The van der Waals surface area contributed by atoms with Crippen molar-refractivity contribution in [1.29, 1.82) is 0 Å². The molecule has 0 radical (unpaired) electrons. The lowest BCUT2D eigenvalue weighted by molar-refractivity contribution is 0.172. The zero-order chi connectivity index (χ0) is 13.7. The van der Waals surface area contributed by atoms with Crippen molar-refractivity contribution in [2.75, 3.05) is 26.2 Å². The maximum Gasteiger partial charge on any atom is 0.0192 e. The quantitative estimate of drug-likeness (QED) is 0.875. The molecule has 0 aromatic heterocycles. The molecule has 1 N–H and O–H groups in total. The van der Waals surface area contributed by atoms with E-state index in [1.54, 1.807) is 0 Å². The molecular weight excluding hydrogens is 232 g/mol. The monoisotopic (exact) mass is 260 g/mol. The highest BCUT2D eigenvalue weighted by Gasteiger charge is 2.16. The summed E-state index contributed by atoms with van der Waals surface area (Å²) >= 11 is 0. The maximum atomic E-state index is 3.45. The van der Waals surface area contributed by atoms with Gasteiger partial charge in [0.05, 0.1) is 0 Å². The molecule has 1 aromatic rings. The van der Waals surface area contributed by atoms with Gasteiger partial charge >= 0.3 is 0 Å². The van der Waals surface area contributed by atoms with Crippen molar-refractivity contribution in [3.63, 3.8) is 0 Å². The van der Waals surface area contributed by atoms with Crippen molar-refractivity contribution < 1.29 is 0 Å². The van der Waals surface area contributed by atoms with Crippen LogP contribution in [-0.2, 0) is 6.42 Å². The maximum absolute atomic E-state index is 3.45. The van der Waals surface area contributed by atoms with Gasteiger partial charge in [-0.15, -0.1) is 0 Å². The molecule has 0 aliphatic carbocycles. The Bertz CT molecular complexity index is 369. The van der Waals surface area contributed by atoms with Crippen LogP contribution < -0.4 is 5.32 Å². The lowest BCUT2D eigenvalue weighted by Gasteiger charge is -2.33. The average Bonchev–Trinajstić information content (AvgIpc) is 2.41. The second-order valence-electron chi connectivity index (χ2n) is 6.09. The average molecular weight is 260 g/mol. The van der Waals surface area contributed by atoms with Crippen LogP contribution in [0.4, 0.5) is 0 Å². The second kappa shape index (κ2) is 7.06. The number of rotatable bonds is 5. The Morgan fingerprint density at radius 1 is 1.26 bits per heavy atom. The van der Waals surface area contributed by atoms with E-state index in [0.717, 1.165) is 13.1 Å². The molecule has 0 saturated carbocycles. The summed E-state index contributed by atoms with van der Waals surface area (Å²) in [6.07, 6.45) is 2.47. The van der Waals surface area contributed by atoms with Crippen LogP contribution in [-0.4, -0.2) is 37.1 Å². The van der Waals surface area contributed by atoms with Crippen LogP contribution in [0.15, 0.2) is 24.3 Å². The third-order valence-corrected chi connectivity index (χ3v) is 4.20. The van der Waals surface area contributed by atoms with Crippen molar-refractivity contribution in [1.82, 2.24) is 10.2 Å². The minimum Gasteiger partial charge on any atom is -0.314 e. The molecule has 2 heteroatoms. The summed E-state index contributed by atoms with van der Waals surface area (Å²) in [6.45, 7) is 11.5. The highest BCUT2D eigenvalue weighted by Crippen LogP contribution is 2.15. The van der Waals surface area contributed by atoms with Crippen molar-refractivity contribution >= 4 is 0 Å². The number of aryl methyl sites for hydroxylation is 1. The Balaban J connectivity index is 1.75. The van der Waals surface area contributed by atoms with E-state index in [-0.39, 0.29) is 0 Å². The summed E-state index contributed by atoms with van der Waals surface area (Å²) in [4.78, 5) is 2.61. The third kappa shape index (κ3) is 4.32. The van der Waals surface area contributed by atoms with E-state index in [4.69, 9.17) is 0 Å². The Morgan fingerprint density at radius 2 is 2.00 bits per heavy atom. The van der Waals surface area contributed by atoms with E-state index in [9.17, 15) is 0 Å². The lowest BCUT2D eigenvalue weighted by atomic mass is 10.00. The number of nitrogens with zero attached hydrogens (tertiary/aromatic N) is 1. The van der Waals surface area contributed by atoms with Gasteiger partial charge in [0.1, 0.15) is 0 Å². The Kier molecular flexibility index (Phi) is 5.41. The smallest absolute Gasteiger partial charge is 0.0192 e. The molecule has 1 heterocycles. The molecule has 1 aliphatic heterocycles. The SMILES string of the molecule is CC(C)c1ccc(CCCN2CCNCC2C)cc1. The van der Waals surface area contributed by atoms with Crippen LogP contribution in [0.2, 0.25) is 0 Å². The molecule has 1 saturated heterocycles. The predicted molar refractivity (Wildman–Crippen MR) is 82.8 cm³/mol. The van der Waals surface area contributed by atoms with Crippen molar-refractivity contribution in [2.45, 2.75) is 45.6 Å². The highest BCUT2D eigenvalue weighted by molar-refractivity contribution is 5.24. The van der Waals surface area contributed by atoms with Crippen LogP contribution in [0.25, 0.3) is 0 Å². The highest BCUT2D eigenvalue weighted by atomic mass is 15.2. The fraction of sp³-hybridized carbons (Fsp3) is 0.647. The Labute approximate surface area is 118 Å². The minimum absolute atomic E-state index is 0.635. The summed E-state index contributed by atoms with van der Waals surface area (Å²) in [5.74, 6) is 0.635. The predicted octanol–water partition coefficient (Wildman–Crippen LogP) is 3.04. The standard InChI is InChI=1S/C17H28N2/c1-14(2)17-8-6-16(7-9-17)5-4-11-19-12-10-18-13-15(19)3/h6-9,14-15,18H,4-5,10-13H2,1-3H3. The molecule has 2 rings (SSSR count). The van der Waals surface area contributed by atoms with Crippen LogP contribution in [0.5, 0.6) is 0 Å². The van der Waals surface area contributed by atoms with Crippen LogP contribution in [0, 0.1) is 0 Å². The van der Waals surface area contributed by atoms with Gasteiger partial charge in [-0.05, 0) is 43.4 Å². The number of piperazine rings is 1. The Hall–Kier alpha value is -0.860. The summed E-state index contributed by atoms with van der Waals surface area (Å²) in [6, 6.07) is 9.87. The van der Waals surface area contributed by atoms with Crippen molar-refractivity contribution in [2.24, 2.45) is 0 Å². The molecule has 2 nitrogen and oxygen atoms in total. The molecule has 1 unspecified atom stereocenters. The van der Waals surface area contributed by atoms with Crippen LogP contribution in [0.1, 0.15) is 44.2 Å². The third-order valence-electron chi connectivity index (χ3n) is 4.20. The van der Waals surface area contributed by atoms with E-state index >= 15 is 0 Å². The summed E-state index contributed by atoms with van der Waals surface area (Å²) in [5, 5.41) is 3.45. The molecule has 0 bridgehead atoms. The summed E-state index contributed by atoms with van der Waals surface area (Å²) in [5.41, 5.74) is 2.92. The molecule has 0 spiro atoms. The fourth-order valence-electron chi connectivity index (χ4n) is 2.77. The molecule has 1 aromatic carbocycles. The second-order valence-corrected chi connectivity index (χ2v) is 6.09. The zero-order valence-corrected chi connectivity index (χ0v) is 12.7. The van der Waals surface area contributed by atoms with Crippen LogP contribution in [0.3, 0.4) is 0 Å². The molecule has 0 amide bonds. The van der Waals surface area contributed by atoms with Gasteiger partial charge in [-0.3, -0.25) is 4.90 Å². The Morgan fingerprint density at radius 3 is 2.63 bits per heavy atom. The van der Waals surface area contributed by atoms with Gasteiger partial charge in [-0.25, -0.2) is 0 Å². The minimum atomic E-state index is 0.635. The van der Waals surface area contributed by atoms with Crippen LogP contribution >= 0.6 is 0 Å². The number of hydrogen-bond donors (Lipinski definition) is 1. The first-order valence-corrected chi connectivity index (χ1v) is 7.70.